The van der Waals surface area contributed by atoms with Crippen LogP contribution in [0.4, 0.5) is 0 Å². The number of aryl methyl sites for hydroxylation is 2. The highest BCUT2D eigenvalue weighted by Crippen LogP contribution is 2.36. The van der Waals surface area contributed by atoms with Crippen LogP contribution >= 0.6 is 11.6 Å². The van der Waals surface area contributed by atoms with Gasteiger partial charge in [0.15, 0.2) is 0 Å². The van der Waals surface area contributed by atoms with E-state index in [0.29, 0.717) is 18.1 Å². The topological polar surface area (TPSA) is 21.3 Å². The Hall–Kier alpha value is -0.570. The Balaban J connectivity index is 2.32. The van der Waals surface area contributed by atoms with E-state index in [1.807, 2.05) is 0 Å². The second kappa shape index (κ2) is 6.93. The van der Waals surface area contributed by atoms with Crippen LogP contribution in [0.1, 0.15) is 49.4 Å². The summed E-state index contributed by atoms with van der Waals surface area (Å²) in [6, 6.07) is 4.70. The highest BCUT2D eigenvalue weighted by atomic mass is 35.5. The summed E-state index contributed by atoms with van der Waals surface area (Å²) >= 11 is 6.24. The van der Waals surface area contributed by atoms with Crippen molar-refractivity contribution in [1.29, 1.82) is 0 Å². The number of nitrogens with one attached hydrogen (secondary N) is 1. The molecule has 1 aromatic carbocycles. The number of benzene rings is 1. The normalized spacial score (nSPS) is 24.1. The molecule has 20 heavy (non-hydrogen) atoms. The molecule has 2 nitrogen and oxygen atoms in total. The molecule has 0 aliphatic carbocycles. The molecule has 1 saturated heterocycles. The fourth-order valence-electron chi connectivity index (χ4n) is 3.12. The molecule has 0 bridgehead atoms. The van der Waals surface area contributed by atoms with Gasteiger partial charge in [-0.25, -0.2) is 0 Å². The van der Waals surface area contributed by atoms with Crippen molar-refractivity contribution in [2.75, 3.05) is 13.2 Å². The van der Waals surface area contributed by atoms with Gasteiger partial charge in [0.2, 0.25) is 0 Å². The molecule has 1 aromatic rings. The van der Waals surface area contributed by atoms with Crippen LogP contribution in [0, 0.1) is 19.8 Å². The van der Waals surface area contributed by atoms with E-state index in [9.17, 15) is 0 Å². The largest absolute Gasteiger partial charge is 0.378 e. The zero-order chi connectivity index (χ0) is 14.7. The summed E-state index contributed by atoms with van der Waals surface area (Å²) in [5.74, 6) is 0.542. The van der Waals surface area contributed by atoms with Gasteiger partial charge in [0.1, 0.15) is 0 Å². The van der Waals surface area contributed by atoms with Gasteiger partial charge in [0.25, 0.3) is 0 Å². The Morgan fingerprint density at radius 1 is 1.35 bits per heavy atom. The van der Waals surface area contributed by atoms with E-state index in [2.05, 4.69) is 45.1 Å². The standard InChI is InChI=1S/C17H26ClNO/c1-5-7-19-17(14-6-8-20-13(14)4)15-9-12(3)16(18)10-11(15)2/h9-10,13-14,17,19H,5-8H2,1-4H3. The number of halogens is 1. The fraction of sp³-hybridized carbons (Fsp3) is 0.647. The Kier molecular flexibility index (Phi) is 5.48. The summed E-state index contributed by atoms with van der Waals surface area (Å²) in [7, 11) is 0. The SMILES string of the molecule is CCCNC(c1cc(C)c(Cl)cc1C)C1CCOC1C. The average molecular weight is 296 g/mol. The summed E-state index contributed by atoms with van der Waals surface area (Å²) in [6.45, 7) is 10.5. The molecule has 0 radical (unpaired) electrons. The minimum absolute atomic E-state index is 0.319. The molecule has 3 unspecified atom stereocenters. The van der Waals surface area contributed by atoms with Gasteiger partial charge in [0.05, 0.1) is 6.10 Å². The highest BCUT2D eigenvalue weighted by Gasteiger charge is 2.33. The molecule has 1 N–H and O–H groups in total. The molecule has 0 spiro atoms. The zero-order valence-corrected chi connectivity index (χ0v) is 13.8. The van der Waals surface area contributed by atoms with E-state index in [-0.39, 0.29) is 0 Å². The molecule has 1 fully saturated rings. The molecule has 0 aromatic heterocycles. The summed E-state index contributed by atoms with van der Waals surface area (Å²) in [5.41, 5.74) is 3.80. The third-order valence-corrected chi connectivity index (χ3v) is 4.77. The minimum atomic E-state index is 0.319. The summed E-state index contributed by atoms with van der Waals surface area (Å²) in [5, 5.41) is 4.58. The maximum Gasteiger partial charge on any atom is 0.0594 e. The molecule has 3 atom stereocenters. The smallest absolute Gasteiger partial charge is 0.0594 e. The lowest BCUT2D eigenvalue weighted by Crippen LogP contribution is -2.33. The molecule has 0 saturated carbocycles. The highest BCUT2D eigenvalue weighted by molar-refractivity contribution is 6.31. The van der Waals surface area contributed by atoms with Crippen LogP contribution in [0.3, 0.4) is 0 Å². The van der Waals surface area contributed by atoms with Crippen LogP contribution in [0.15, 0.2) is 12.1 Å². The third kappa shape index (κ3) is 3.36. The van der Waals surface area contributed by atoms with Gasteiger partial charge in [-0.15, -0.1) is 0 Å². The second-order valence-corrected chi connectivity index (χ2v) is 6.33. The van der Waals surface area contributed by atoms with Gasteiger partial charge in [0, 0.05) is 23.6 Å². The van der Waals surface area contributed by atoms with E-state index in [0.717, 1.165) is 36.6 Å². The second-order valence-electron chi connectivity index (χ2n) is 5.92. The average Bonchev–Trinajstić information content (AvgIpc) is 2.82. The monoisotopic (exact) mass is 295 g/mol. The van der Waals surface area contributed by atoms with E-state index in [1.165, 1.54) is 11.1 Å². The first-order valence-electron chi connectivity index (χ1n) is 7.66. The number of ether oxygens (including phenoxy) is 1. The minimum Gasteiger partial charge on any atom is -0.378 e. The predicted molar refractivity (Wildman–Crippen MR) is 85.5 cm³/mol. The molecule has 3 heteroatoms. The van der Waals surface area contributed by atoms with E-state index < -0.39 is 0 Å². The van der Waals surface area contributed by atoms with Crippen molar-refractivity contribution in [3.8, 4) is 0 Å². The maximum absolute atomic E-state index is 6.24. The quantitative estimate of drug-likeness (QED) is 0.868. The van der Waals surface area contributed by atoms with Crippen LogP contribution in [-0.4, -0.2) is 19.3 Å². The van der Waals surface area contributed by atoms with Crippen LogP contribution in [-0.2, 0) is 4.74 Å². The first-order valence-corrected chi connectivity index (χ1v) is 8.04. The molecule has 112 valence electrons. The Bertz CT molecular complexity index is 461. The molecule has 1 heterocycles. The Labute approximate surface area is 127 Å². The summed E-state index contributed by atoms with van der Waals surface area (Å²) in [4.78, 5) is 0. The van der Waals surface area contributed by atoms with Crippen molar-refractivity contribution in [3.63, 3.8) is 0 Å². The lowest BCUT2D eigenvalue weighted by molar-refractivity contribution is 0.0953. The van der Waals surface area contributed by atoms with Gasteiger partial charge < -0.3 is 10.1 Å². The van der Waals surface area contributed by atoms with Crippen LogP contribution in [0.2, 0.25) is 5.02 Å². The first-order chi connectivity index (χ1) is 9.54. The number of hydrogen-bond acceptors (Lipinski definition) is 2. The Morgan fingerprint density at radius 2 is 2.10 bits per heavy atom. The lowest BCUT2D eigenvalue weighted by Gasteiger charge is -2.29. The van der Waals surface area contributed by atoms with Crippen LogP contribution in [0.25, 0.3) is 0 Å². The van der Waals surface area contributed by atoms with Gasteiger partial charge in [-0.05, 0) is 62.9 Å². The van der Waals surface area contributed by atoms with Crippen molar-refractivity contribution < 1.29 is 4.74 Å². The van der Waals surface area contributed by atoms with Gasteiger partial charge in [-0.2, -0.15) is 0 Å². The molecular weight excluding hydrogens is 270 g/mol. The molecular formula is C17H26ClNO. The van der Waals surface area contributed by atoms with Crippen molar-refractivity contribution >= 4 is 11.6 Å². The Morgan fingerprint density at radius 3 is 2.70 bits per heavy atom. The third-order valence-electron chi connectivity index (χ3n) is 4.36. The predicted octanol–water partition coefficient (Wildman–Crippen LogP) is 4.42. The van der Waals surface area contributed by atoms with Crippen molar-refractivity contribution in [2.45, 2.75) is 52.7 Å². The van der Waals surface area contributed by atoms with E-state index in [4.69, 9.17) is 16.3 Å². The first kappa shape index (κ1) is 15.8. The van der Waals surface area contributed by atoms with Crippen molar-refractivity contribution in [1.82, 2.24) is 5.32 Å². The summed E-state index contributed by atoms with van der Waals surface area (Å²) < 4.78 is 5.78. The lowest BCUT2D eigenvalue weighted by atomic mass is 9.85. The maximum atomic E-state index is 6.24. The van der Waals surface area contributed by atoms with E-state index in [1.54, 1.807) is 0 Å². The van der Waals surface area contributed by atoms with Gasteiger partial charge in [-0.3, -0.25) is 0 Å². The number of rotatable bonds is 5. The number of hydrogen-bond donors (Lipinski definition) is 1. The van der Waals surface area contributed by atoms with Crippen molar-refractivity contribution in [2.24, 2.45) is 5.92 Å². The van der Waals surface area contributed by atoms with Crippen LogP contribution < -0.4 is 5.32 Å². The molecule has 2 rings (SSSR count). The van der Waals surface area contributed by atoms with Crippen LogP contribution in [0.5, 0.6) is 0 Å². The summed E-state index contributed by atoms with van der Waals surface area (Å²) in [6.07, 6.45) is 2.59. The van der Waals surface area contributed by atoms with E-state index >= 15 is 0 Å². The molecule has 0 amide bonds. The van der Waals surface area contributed by atoms with Gasteiger partial charge in [-0.1, -0.05) is 24.6 Å². The molecule has 1 aliphatic heterocycles. The zero-order valence-electron chi connectivity index (χ0n) is 13.0. The van der Waals surface area contributed by atoms with Gasteiger partial charge >= 0.3 is 0 Å². The molecule has 1 aliphatic rings. The van der Waals surface area contributed by atoms with Crippen molar-refractivity contribution in [3.05, 3.63) is 33.8 Å². The fourth-order valence-corrected chi connectivity index (χ4v) is 3.33.